The fourth-order valence-corrected chi connectivity index (χ4v) is 4.07. The number of benzene rings is 1. The molecule has 0 bridgehead atoms. The molecule has 4 heteroatoms. The van der Waals surface area contributed by atoms with E-state index in [-0.39, 0.29) is 5.78 Å². The van der Waals surface area contributed by atoms with E-state index in [2.05, 4.69) is 0 Å². The second-order valence-electron chi connectivity index (χ2n) is 8.56. The molecule has 0 fully saturated rings. The summed E-state index contributed by atoms with van der Waals surface area (Å²) in [5.74, 6) is 0.481. The molecular formula is C26H40Cl2O2. The SMILES string of the molecule is CC(=O)CCCCCCCCCCCCCCCCCC(=O)c1ccc(Cl)c(Cl)c1. The van der Waals surface area contributed by atoms with Crippen molar-refractivity contribution in [3.8, 4) is 0 Å². The molecular weight excluding hydrogens is 415 g/mol. The van der Waals surface area contributed by atoms with Gasteiger partial charge in [0.25, 0.3) is 0 Å². The highest BCUT2D eigenvalue weighted by Crippen LogP contribution is 2.23. The highest BCUT2D eigenvalue weighted by molar-refractivity contribution is 6.42. The zero-order chi connectivity index (χ0) is 22.0. The van der Waals surface area contributed by atoms with Crippen LogP contribution in [0.25, 0.3) is 0 Å². The van der Waals surface area contributed by atoms with Crippen LogP contribution in [0.1, 0.15) is 126 Å². The van der Waals surface area contributed by atoms with Gasteiger partial charge in [-0.15, -0.1) is 0 Å². The first-order valence-corrected chi connectivity index (χ1v) is 12.7. The predicted molar refractivity (Wildman–Crippen MR) is 130 cm³/mol. The van der Waals surface area contributed by atoms with Crippen LogP contribution in [-0.4, -0.2) is 11.6 Å². The van der Waals surface area contributed by atoms with E-state index >= 15 is 0 Å². The van der Waals surface area contributed by atoms with Gasteiger partial charge in [0.05, 0.1) is 10.0 Å². The molecule has 0 aliphatic carbocycles. The molecule has 0 aliphatic rings. The third kappa shape index (κ3) is 14.2. The lowest BCUT2D eigenvalue weighted by Gasteiger charge is -2.04. The van der Waals surface area contributed by atoms with Gasteiger partial charge < -0.3 is 4.79 Å². The first-order chi connectivity index (χ1) is 14.5. The van der Waals surface area contributed by atoms with Gasteiger partial charge in [0.2, 0.25) is 0 Å². The minimum atomic E-state index is 0.157. The van der Waals surface area contributed by atoms with Gasteiger partial charge in [0.15, 0.2) is 5.78 Å². The summed E-state index contributed by atoms with van der Waals surface area (Å²) in [4.78, 5) is 23.0. The maximum atomic E-state index is 12.2. The van der Waals surface area contributed by atoms with Crippen molar-refractivity contribution in [3.63, 3.8) is 0 Å². The molecule has 0 aliphatic heterocycles. The van der Waals surface area contributed by atoms with Gasteiger partial charge in [-0.05, 0) is 38.0 Å². The largest absolute Gasteiger partial charge is 0.300 e. The molecule has 1 aromatic carbocycles. The Hall–Kier alpha value is -0.860. The van der Waals surface area contributed by atoms with E-state index in [1.165, 1.54) is 77.0 Å². The Bertz CT molecular complexity index is 613. The average molecular weight is 456 g/mol. The van der Waals surface area contributed by atoms with Gasteiger partial charge in [0.1, 0.15) is 5.78 Å². The number of carbonyl (C=O) groups is 2. The maximum absolute atomic E-state index is 12.2. The molecule has 0 radical (unpaired) electrons. The lowest BCUT2D eigenvalue weighted by atomic mass is 10.0. The topological polar surface area (TPSA) is 34.1 Å². The quantitative estimate of drug-likeness (QED) is 0.154. The molecule has 0 unspecified atom stereocenters. The molecule has 30 heavy (non-hydrogen) atoms. The van der Waals surface area contributed by atoms with Crippen molar-refractivity contribution >= 4 is 34.8 Å². The average Bonchev–Trinajstić information content (AvgIpc) is 2.71. The Kier molecular flexibility index (Phi) is 16.1. The van der Waals surface area contributed by atoms with Gasteiger partial charge in [-0.1, -0.05) is 107 Å². The van der Waals surface area contributed by atoms with Crippen LogP contribution in [-0.2, 0) is 4.79 Å². The first-order valence-electron chi connectivity index (χ1n) is 12.0. The highest BCUT2D eigenvalue weighted by Gasteiger charge is 2.07. The van der Waals surface area contributed by atoms with Crippen LogP contribution >= 0.6 is 23.2 Å². The summed E-state index contributed by atoms with van der Waals surface area (Å²) in [7, 11) is 0. The third-order valence-electron chi connectivity index (χ3n) is 5.67. The minimum absolute atomic E-state index is 0.157. The molecule has 1 aromatic rings. The summed E-state index contributed by atoms with van der Waals surface area (Å²) in [6, 6.07) is 5.12. The smallest absolute Gasteiger partial charge is 0.162 e. The Balaban J connectivity index is 1.83. The lowest BCUT2D eigenvalue weighted by molar-refractivity contribution is -0.117. The van der Waals surface area contributed by atoms with Crippen LogP contribution in [0.2, 0.25) is 10.0 Å². The number of hydrogen-bond acceptors (Lipinski definition) is 2. The van der Waals surface area contributed by atoms with Crippen LogP contribution < -0.4 is 0 Å². The van der Waals surface area contributed by atoms with Crippen LogP contribution in [0.3, 0.4) is 0 Å². The standard InChI is InChI=1S/C26H40Cl2O2/c1-22(29)17-15-13-11-9-7-5-3-2-4-6-8-10-12-14-16-18-26(30)23-19-20-24(27)25(28)21-23/h19-21H,2-18H2,1H3. The number of carbonyl (C=O) groups excluding carboxylic acids is 2. The molecule has 0 atom stereocenters. The summed E-state index contributed by atoms with van der Waals surface area (Å²) >= 11 is 11.9. The van der Waals surface area contributed by atoms with Crippen molar-refractivity contribution in [2.24, 2.45) is 0 Å². The maximum Gasteiger partial charge on any atom is 0.162 e. The van der Waals surface area contributed by atoms with Crippen LogP contribution in [0, 0.1) is 0 Å². The number of Topliss-reactive ketones (excluding diaryl/α,β-unsaturated/α-hetero) is 2. The number of ketones is 2. The summed E-state index contributed by atoms with van der Waals surface area (Å²) in [5, 5.41) is 0.939. The zero-order valence-corrected chi connectivity index (χ0v) is 20.3. The van der Waals surface area contributed by atoms with E-state index in [1.807, 2.05) is 0 Å². The third-order valence-corrected chi connectivity index (χ3v) is 6.41. The first kappa shape index (κ1) is 27.2. The molecule has 0 aromatic heterocycles. The summed E-state index contributed by atoms with van der Waals surface area (Å²) in [6.45, 7) is 1.68. The van der Waals surface area contributed by atoms with Crippen molar-refractivity contribution < 1.29 is 9.59 Å². The van der Waals surface area contributed by atoms with Gasteiger partial charge in [-0.25, -0.2) is 0 Å². The Morgan fingerprint density at radius 3 is 1.40 bits per heavy atom. The molecule has 0 spiro atoms. The van der Waals surface area contributed by atoms with Crippen molar-refractivity contribution in [1.82, 2.24) is 0 Å². The Morgan fingerprint density at radius 2 is 1.00 bits per heavy atom. The van der Waals surface area contributed by atoms with E-state index in [0.717, 1.165) is 25.7 Å². The van der Waals surface area contributed by atoms with Crippen molar-refractivity contribution in [2.75, 3.05) is 0 Å². The molecule has 170 valence electrons. The molecule has 0 heterocycles. The molecule has 0 saturated heterocycles. The van der Waals surface area contributed by atoms with Crippen LogP contribution in [0.4, 0.5) is 0 Å². The Morgan fingerprint density at radius 1 is 0.600 bits per heavy atom. The minimum Gasteiger partial charge on any atom is -0.300 e. The van der Waals surface area contributed by atoms with Gasteiger partial charge in [-0.2, -0.15) is 0 Å². The van der Waals surface area contributed by atoms with E-state index < -0.39 is 0 Å². The molecule has 0 amide bonds. The Labute approximate surface area is 194 Å². The highest BCUT2D eigenvalue weighted by atomic mass is 35.5. The monoisotopic (exact) mass is 454 g/mol. The van der Waals surface area contributed by atoms with Crippen molar-refractivity contribution in [1.29, 1.82) is 0 Å². The van der Waals surface area contributed by atoms with Gasteiger partial charge >= 0.3 is 0 Å². The van der Waals surface area contributed by atoms with Crippen LogP contribution in [0.15, 0.2) is 18.2 Å². The molecule has 1 rings (SSSR count). The number of halogens is 2. The fourth-order valence-electron chi connectivity index (χ4n) is 3.77. The second-order valence-corrected chi connectivity index (χ2v) is 9.37. The van der Waals surface area contributed by atoms with E-state index in [1.54, 1.807) is 25.1 Å². The number of unbranched alkanes of at least 4 members (excludes halogenated alkanes) is 14. The normalized spacial score (nSPS) is 11.0. The van der Waals surface area contributed by atoms with Gasteiger partial charge in [-0.3, -0.25) is 4.79 Å². The van der Waals surface area contributed by atoms with Crippen LogP contribution in [0.5, 0.6) is 0 Å². The van der Waals surface area contributed by atoms with E-state index in [9.17, 15) is 9.59 Å². The van der Waals surface area contributed by atoms with E-state index in [4.69, 9.17) is 23.2 Å². The summed E-state index contributed by atoms with van der Waals surface area (Å²) in [6.07, 6.45) is 20.3. The fraction of sp³-hybridized carbons (Fsp3) is 0.692. The molecule has 0 N–H and O–H groups in total. The van der Waals surface area contributed by atoms with Gasteiger partial charge in [0, 0.05) is 18.4 Å². The summed E-state index contributed by atoms with van der Waals surface area (Å²) < 4.78 is 0. The molecule has 0 saturated carbocycles. The number of hydrogen-bond donors (Lipinski definition) is 0. The van der Waals surface area contributed by atoms with Crippen molar-refractivity contribution in [3.05, 3.63) is 33.8 Å². The number of rotatable bonds is 19. The summed E-state index contributed by atoms with van der Waals surface area (Å²) in [5.41, 5.74) is 0.664. The zero-order valence-electron chi connectivity index (χ0n) is 18.8. The lowest BCUT2D eigenvalue weighted by Crippen LogP contribution is -1.98. The van der Waals surface area contributed by atoms with Crippen molar-refractivity contribution in [2.45, 2.75) is 116 Å². The second kappa shape index (κ2) is 17.8. The molecule has 2 nitrogen and oxygen atoms in total. The predicted octanol–water partition coefficient (Wildman–Crippen LogP) is 9.40. The van der Waals surface area contributed by atoms with E-state index in [0.29, 0.717) is 27.8 Å².